The first kappa shape index (κ1) is 17.7. The van der Waals surface area contributed by atoms with E-state index in [2.05, 4.69) is 50.7 Å². The zero-order chi connectivity index (χ0) is 16.4. The Kier molecular flexibility index (Phi) is 5.57. The van der Waals surface area contributed by atoms with Crippen molar-refractivity contribution in [2.45, 2.75) is 19.5 Å². The van der Waals surface area contributed by atoms with Crippen molar-refractivity contribution in [3.05, 3.63) is 71.7 Å². The van der Waals surface area contributed by atoms with E-state index in [9.17, 15) is 0 Å². The maximum Gasteiger partial charge on any atom is 0.194 e. The third-order valence-electron chi connectivity index (χ3n) is 4.48. The second-order valence-corrected chi connectivity index (χ2v) is 6.04. The third kappa shape index (κ3) is 3.78. The minimum absolute atomic E-state index is 0. The highest BCUT2D eigenvalue weighted by molar-refractivity contribution is 14.0. The predicted octanol–water partition coefficient (Wildman–Crippen LogP) is 3.09. The van der Waals surface area contributed by atoms with Crippen LogP contribution in [0.5, 0.6) is 0 Å². The van der Waals surface area contributed by atoms with Crippen molar-refractivity contribution >= 4 is 35.6 Å². The van der Waals surface area contributed by atoms with Crippen molar-refractivity contribution in [3.63, 3.8) is 0 Å². The van der Waals surface area contributed by atoms with Gasteiger partial charge in [-0.05, 0) is 29.7 Å². The molecule has 0 saturated carbocycles. The molecule has 2 aromatic heterocycles. The highest BCUT2D eigenvalue weighted by Crippen LogP contribution is 2.18. The fourth-order valence-electron chi connectivity index (χ4n) is 3.25. The molecule has 0 atom stereocenters. The average Bonchev–Trinajstić information content (AvgIpc) is 3.05. The Bertz CT molecular complexity index is 853. The van der Waals surface area contributed by atoms with E-state index >= 15 is 0 Å². The molecule has 4 rings (SSSR count). The Hall–Kier alpha value is -2.09. The van der Waals surface area contributed by atoms with E-state index in [-0.39, 0.29) is 24.0 Å². The van der Waals surface area contributed by atoms with Crippen molar-refractivity contribution in [2.24, 2.45) is 4.99 Å². The number of imidazole rings is 1. The summed E-state index contributed by atoms with van der Waals surface area (Å²) in [6, 6.07) is 14.7. The number of benzene rings is 1. The number of halogens is 1. The van der Waals surface area contributed by atoms with Crippen LogP contribution in [0.2, 0.25) is 0 Å². The number of nitrogens with zero attached hydrogens (tertiary/aromatic N) is 4. The summed E-state index contributed by atoms with van der Waals surface area (Å²) in [5, 5.41) is 3.45. The molecule has 0 radical (unpaired) electrons. The molecule has 0 spiro atoms. The number of nitrogens with one attached hydrogen (secondary N) is 1. The Balaban J connectivity index is 0.00000182. The van der Waals surface area contributed by atoms with E-state index in [1.807, 2.05) is 35.8 Å². The first-order chi connectivity index (χ1) is 11.8. The lowest BCUT2D eigenvalue weighted by Crippen LogP contribution is -2.43. The van der Waals surface area contributed by atoms with Crippen LogP contribution in [0.3, 0.4) is 0 Å². The molecule has 1 aromatic carbocycles. The highest BCUT2D eigenvalue weighted by atomic mass is 127. The number of fused-ring (bicyclic) bond motifs is 2. The van der Waals surface area contributed by atoms with Gasteiger partial charge in [0.2, 0.25) is 0 Å². The molecule has 0 fully saturated rings. The summed E-state index contributed by atoms with van der Waals surface area (Å²) in [4.78, 5) is 11.4. The van der Waals surface area contributed by atoms with Crippen molar-refractivity contribution in [1.82, 2.24) is 19.6 Å². The maximum absolute atomic E-state index is 4.63. The quantitative estimate of drug-likeness (QED) is 0.373. The van der Waals surface area contributed by atoms with Gasteiger partial charge in [-0.3, -0.25) is 4.99 Å². The summed E-state index contributed by atoms with van der Waals surface area (Å²) in [5.74, 6) is 0.932. The number of hydrogen-bond donors (Lipinski definition) is 1. The molecule has 0 aliphatic carbocycles. The zero-order valence-corrected chi connectivity index (χ0v) is 16.6. The molecule has 0 amide bonds. The first-order valence-electron chi connectivity index (χ1n) is 8.28. The second kappa shape index (κ2) is 7.86. The summed E-state index contributed by atoms with van der Waals surface area (Å²) in [6.45, 7) is 2.56. The van der Waals surface area contributed by atoms with Gasteiger partial charge in [-0.15, -0.1) is 24.0 Å². The Morgan fingerprint density at radius 1 is 1.16 bits per heavy atom. The Morgan fingerprint density at radius 2 is 1.96 bits per heavy atom. The summed E-state index contributed by atoms with van der Waals surface area (Å²) < 4.78 is 2.04. The third-order valence-corrected chi connectivity index (χ3v) is 4.48. The topological polar surface area (TPSA) is 44.9 Å². The molecule has 1 aliphatic heterocycles. The lowest BCUT2D eigenvalue weighted by atomic mass is 10.0. The minimum Gasteiger partial charge on any atom is -0.351 e. The lowest BCUT2D eigenvalue weighted by Gasteiger charge is -2.31. The van der Waals surface area contributed by atoms with Gasteiger partial charge in [-0.2, -0.15) is 0 Å². The number of aliphatic imine (C=N–C) groups is 1. The molecule has 6 heteroatoms. The molecule has 1 N–H and O–H groups in total. The van der Waals surface area contributed by atoms with E-state index < -0.39 is 0 Å². The van der Waals surface area contributed by atoms with Crippen LogP contribution in [0.1, 0.15) is 16.8 Å². The molecule has 0 bridgehead atoms. The fourth-order valence-corrected chi connectivity index (χ4v) is 3.25. The number of hydrogen-bond acceptors (Lipinski definition) is 2. The second-order valence-electron chi connectivity index (χ2n) is 6.04. The van der Waals surface area contributed by atoms with Gasteiger partial charge < -0.3 is 14.6 Å². The van der Waals surface area contributed by atoms with Crippen LogP contribution in [0, 0.1) is 0 Å². The van der Waals surface area contributed by atoms with E-state index in [1.54, 1.807) is 0 Å². The maximum atomic E-state index is 4.63. The number of aromatic nitrogens is 2. The molecule has 3 heterocycles. The zero-order valence-electron chi connectivity index (χ0n) is 14.2. The van der Waals surface area contributed by atoms with Crippen molar-refractivity contribution < 1.29 is 0 Å². The largest absolute Gasteiger partial charge is 0.351 e. The van der Waals surface area contributed by atoms with Crippen LogP contribution in [-0.4, -0.2) is 33.8 Å². The summed E-state index contributed by atoms with van der Waals surface area (Å²) in [7, 11) is 1.84. The molecule has 25 heavy (non-hydrogen) atoms. The lowest BCUT2D eigenvalue weighted by molar-refractivity contribution is 0.378. The van der Waals surface area contributed by atoms with Crippen LogP contribution < -0.4 is 5.32 Å². The van der Waals surface area contributed by atoms with Gasteiger partial charge in [0.15, 0.2) is 5.96 Å². The SMILES string of the molecule is CN=C(NCc1cn2ccccc2n1)N1CCc2ccccc2C1.I. The van der Waals surface area contributed by atoms with E-state index in [0.717, 1.165) is 36.8 Å². The predicted molar refractivity (Wildman–Crippen MR) is 111 cm³/mol. The summed E-state index contributed by atoms with van der Waals surface area (Å²) in [5.41, 5.74) is 4.82. The molecule has 3 aromatic rings. The smallest absolute Gasteiger partial charge is 0.194 e. The average molecular weight is 447 g/mol. The van der Waals surface area contributed by atoms with Gasteiger partial charge >= 0.3 is 0 Å². The van der Waals surface area contributed by atoms with Crippen LogP contribution in [-0.2, 0) is 19.5 Å². The van der Waals surface area contributed by atoms with Crippen LogP contribution >= 0.6 is 24.0 Å². The van der Waals surface area contributed by atoms with E-state index in [0.29, 0.717) is 6.54 Å². The molecular formula is C19H22IN5. The van der Waals surface area contributed by atoms with Crippen LogP contribution in [0.25, 0.3) is 5.65 Å². The monoisotopic (exact) mass is 447 g/mol. The number of rotatable bonds is 2. The standard InChI is InChI=1S/C19H21N5.HI/c1-20-19(24-11-9-15-6-2-3-7-16(15)13-24)21-12-17-14-23-10-5-4-8-18(23)22-17;/h2-8,10,14H,9,11-13H2,1H3,(H,20,21);1H. The molecule has 5 nitrogen and oxygen atoms in total. The fraction of sp³-hybridized carbons (Fsp3) is 0.263. The normalized spacial score (nSPS) is 14.1. The van der Waals surface area contributed by atoms with Crippen LogP contribution in [0.15, 0.2) is 59.9 Å². The Morgan fingerprint density at radius 3 is 2.76 bits per heavy atom. The summed E-state index contributed by atoms with van der Waals surface area (Å²) in [6.07, 6.45) is 5.13. The Labute approximate surface area is 164 Å². The van der Waals surface area contributed by atoms with Gasteiger partial charge in [0.25, 0.3) is 0 Å². The number of guanidine groups is 1. The molecule has 0 unspecified atom stereocenters. The minimum atomic E-state index is 0. The highest BCUT2D eigenvalue weighted by Gasteiger charge is 2.18. The molecule has 0 saturated heterocycles. The van der Waals surface area contributed by atoms with Gasteiger partial charge in [-0.25, -0.2) is 4.98 Å². The van der Waals surface area contributed by atoms with Gasteiger partial charge in [0, 0.05) is 32.5 Å². The van der Waals surface area contributed by atoms with Gasteiger partial charge in [-0.1, -0.05) is 30.3 Å². The number of pyridine rings is 1. The van der Waals surface area contributed by atoms with Crippen molar-refractivity contribution in [3.8, 4) is 0 Å². The van der Waals surface area contributed by atoms with Crippen molar-refractivity contribution in [2.75, 3.05) is 13.6 Å². The van der Waals surface area contributed by atoms with Crippen molar-refractivity contribution in [1.29, 1.82) is 0 Å². The molecular weight excluding hydrogens is 425 g/mol. The first-order valence-corrected chi connectivity index (χ1v) is 8.28. The van der Waals surface area contributed by atoms with Crippen LogP contribution in [0.4, 0.5) is 0 Å². The van der Waals surface area contributed by atoms with Gasteiger partial charge in [0.1, 0.15) is 5.65 Å². The summed E-state index contributed by atoms with van der Waals surface area (Å²) >= 11 is 0. The molecule has 1 aliphatic rings. The molecule has 130 valence electrons. The van der Waals surface area contributed by atoms with Gasteiger partial charge in [0.05, 0.1) is 12.2 Å². The van der Waals surface area contributed by atoms with E-state index in [4.69, 9.17) is 0 Å². The van der Waals surface area contributed by atoms with E-state index in [1.165, 1.54) is 11.1 Å².